The summed E-state index contributed by atoms with van der Waals surface area (Å²) in [5.41, 5.74) is 2.20. The summed E-state index contributed by atoms with van der Waals surface area (Å²) in [6.45, 7) is 2.31. The number of carbonyl (C=O) groups is 1. The van der Waals surface area contributed by atoms with Gasteiger partial charge in [-0.25, -0.2) is 4.79 Å². The van der Waals surface area contributed by atoms with Crippen molar-refractivity contribution in [2.24, 2.45) is 0 Å². The van der Waals surface area contributed by atoms with Crippen molar-refractivity contribution in [1.82, 2.24) is 9.78 Å². The van der Waals surface area contributed by atoms with Gasteiger partial charge in [0.05, 0.1) is 6.54 Å². The van der Waals surface area contributed by atoms with Crippen LogP contribution in [0.1, 0.15) is 21.8 Å². The lowest BCUT2D eigenvalue weighted by Crippen LogP contribution is -2.07. The van der Waals surface area contributed by atoms with E-state index in [-0.39, 0.29) is 5.76 Å². The highest BCUT2D eigenvalue weighted by Crippen LogP contribution is 2.26. The van der Waals surface area contributed by atoms with E-state index >= 15 is 0 Å². The zero-order valence-electron chi connectivity index (χ0n) is 10.3. The van der Waals surface area contributed by atoms with Gasteiger partial charge >= 0.3 is 5.97 Å². The van der Waals surface area contributed by atoms with Crippen molar-refractivity contribution in [1.29, 1.82) is 0 Å². The first-order valence-electron chi connectivity index (χ1n) is 5.89. The molecular weight excluding hydrogens is 244 g/mol. The number of aromatic carboxylic acids is 1. The van der Waals surface area contributed by atoms with Gasteiger partial charge in [-0.3, -0.25) is 4.68 Å². The quantitative estimate of drug-likeness (QED) is 0.782. The van der Waals surface area contributed by atoms with Crippen LogP contribution in [0.4, 0.5) is 0 Å². The van der Waals surface area contributed by atoms with Crippen LogP contribution in [0.3, 0.4) is 0 Å². The number of furan rings is 1. The van der Waals surface area contributed by atoms with Crippen molar-refractivity contribution in [3.63, 3.8) is 0 Å². The maximum atomic E-state index is 11.3. The molecule has 96 valence electrons. The molecule has 3 aromatic rings. The molecule has 5 heteroatoms. The van der Waals surface area contributed by atoms with E-state index in [2.05, 4.69) is 5.10 Å². The predicted molar refractivity (Wildman–Crippen MR) is 69.2 cm³/mol. The molecular formula is C14H12N2O3. The minimum Gasteiger partial charge on any atom is -0.475 e. The Labute approximate surface area is 109 Å². The highest BCUT2D eigenvalue weighted by molar-refractivity contribution is 5.95. The molecule has 1 N–H and O–H groups in total. The monoisotopic (exact) mass is 256 g/mol. The third kappa shape index (κ3) is 1.89. The van der Waals surface area contributed by atoms with Crippen LogP contribution in [0.5, 0.6) is 0 Å². The fraction of sp³-hybridized carbons (Fsp3) is 0.143. The molecule has 1 aromatic carbocycles. The second-order valence-electron chi connectivity index (χ2n) is 4.34. The molecule has 19 heavy (non-hydrogen) atoms. The number of fused-ring (bicyclic) bond motifs is 1. The summed E-state index contributed by atoms with van der Waals surface area (Å²) in [7, 11) is 0. The van der Waals surface area contributed by atoms with Crippen molar-refractivity contribution in [3.8, 4) is 0 Å². The normalized spacial score (nSPS) is 11.0. The number of rotatable bonds is 3. The summed E-state index contributed by atoms with van der Waals surface area (Å²) >= 11 is 0. The van der Waals surface area contributed by atoms with Gasteiger partial charge in [0.25, 0.3) is 0 Å². The van der Waals surface area contributed by atoms with E-state index in [9.17, 15) is 9.90 Å². The van der Waals surface area contributed by atoms with Crippen LogP contribution >= 0.6 is 0 Å². The topological polar surface area (TPSA) is 68.3 Å². The smallest absolute Gasteiger partial charge is 0.372 e. The summed E-state index contributed by atoms with van der Waals surface area (Å²) in [6, 6.07) is 9.19. The van der Waals surface area contributed by atoms with Crippen LogP contribution in [-0.4, -0.2) is 20.9 Å². The molecule has 2 aromatic heterocycles. The highest BCUT2D eigenvalue weighted by Gasteiger charge is 2.20. The largest absolute Gasteiger partial charge is 0.475 e. The number of nitrogens with zero attached hydrogens (tertiary/aromatic N) is 2. The molecule has 0 spiro atoms. The molecule has 0 aliphatic heterocycles. The molecule has 0 unspecified atom stereocenters. The van der Waals surface area contributed by atoms with Crippen LogP contribution in [0.2, 0.25) is 0 Å². The minimum atomic E-state index is -1.06. The lowest BCUT2D eigenvalue weighted by atomic mass is 10.1. The molecule has 0 radical (unpaired) electrons. The Balaban J connectivity index is 2.18. The highest BCUT2D eigenvalue weighted by atomic mass is 16.4. The molecule has 3 rings (SSSR count). The van der Waals surface area contributed by atoms with E-state index in [0.717, 1.165) is 11.1 Å². The molecule has 0 saturated carbocycles. The fourth-order valence-electron chi connectivity index (χ4n) is 2.14. The lowest BCUT2D eigenvalue weighted by Gasteiger charge is -2.03. The van der Waals surface area contributed by atoms with Gasteiger partial charge in [0, 0.05) is 22.8 Å². The molecule has 0 aliphatic rings. The van der Waals surface area contributed by atoms with Crippen LogP contribution < -0.4 is 0 Å². The summed E-state index contributed by atoms with van der Waals surface area (Å²) < 4.78 is 7.16. The summed E-state index contributed by atoms with van der Waals surface area (Å²) in [5, 5.41) is 14.2. The molecule has 0 atom stereocenters. The van der Waals surface area contributed by atoms with Gasteiger partial charge in [0.15, 0.2) is 0 Å². The van der Waals surface area contributed by atoms with E-state index in [1.165, 1.54) is 0 Å². The predicted octanol–water partition coefficient (Wildman–Crippen LogP) is 2.68. The Morgan fingerprint density at radius 1 is 1.37 bits per heavy atom. The Kier molecular flexibility index (Phi) is 2.59. The minimum absolute atomic E-state index is 0.0175. The van der Waals surface area contributed by atoms with Gasteiger partial charge in [-0.05, 0) is 19.1 Å². The third-order valence-electron chi connectivity index (χ3n) is 3.13. The van der Waals surface area contributed by atoms with Crippen LogP contribution in [-0.2, 0) is 6.54 Å². The Morgan fingerprint density at radius 2 is 2.16 bits per heavy atom. The van der Waals surface area contributed by atoms with E-state index in [1.807, 2.05) is 31.2 Å². The number of aryl methyl sites for hydroxylation is 1. The number of benzene rings is 1. The van der Waals surface area contributed by atoms with Crippen LogP contribution in [0, 0.1) is 6.92 Å². The van der Waals surface area contributed by atoms with Gasteiger partial charge in [-0.2, -0.15) is 5.10 Å². The standard InChI is InChI=1S/C14H12N2O3/c1-9-6-7-15-16(9)8-11-10-4-2-3-5-12(10)19-13(11)14(17)18/h2-7H,8H2,1H3,(H,17,18). The van der Waals surface area contributed by atoms with Gasteiger partial charge < -0.3 is 9.52 Å². The number of carboxylic acids is 1. The molecule has 0 bridgehead atoms. The summed E-state index contributed by atoms with van der Waals surface area (Å²) in [6.07, 6.45) is 1.69. The van der Waals surface area contributed by atoms with Crippen LogP contribution in [0.25, 0.3) is 11.0 Å². The molecule has 0 aliphatic carbocycles. The molecule has 0 saturated heterocycles. The fourth-order valence-corrected chi connectivity index (χ4v) is 2.14. The van der Waals surface area contributed by atoms with E-state index in [1.54, 1.807) is 16.9 Å². The van der Waals surface area contributed by atoms with Crippen molar-refractivity contribution in [2.75, 3.05) is 0 Å². The Bertz CT molecular complexity index is 755. The van der Waals surface area contributed by atoms with Gasteiger partial charge in [0.2, 0.25) is 5.76 Å². The maximum absolute atomic E-state index is 11.3. The van der Waals surface area contributed by atoms with Crippen molar-refractivity contribution < 1.29 is 14.3 Å². The van der Waals surface area contributed by atoms with Gasteiger partial charge in [-0.15, -0.1) is 0 Å². The van der Waals surface area contributed by atoms with Crippen molar-refractivity contribution >= 4 is 16.9 Å². The zero-order chi connectivity index (χ0) is 13.4. The average molecular weight is 256 g/mol. The first kappa shape index (κ1) is 11.5. The van der Waals surface area contributed by atoms with Crippen LogP contribution in [0.15, 0.2) is 40.9 Å². The Morgan fingerprint density at radius 3 is 2.84 bits per heavy atom. The summed E-state index contributed by atoms with van der Waals surface area (Å²) in [5.74, 6) is -1.08. The van der Waals surface area contributed by atoms with E-state index in [4.69, 9.17) is 4.42 Å². The van der Waals surface area contributed by atoms with Crippen molar-refractivity contribution in [3.05, 3.63) is 53.5 Å². The molecule has 0 amide bonds. The number of para-hydroxylation sites is 1. The Hall–Kier alpha value is -2.56. The number of hydrogen-bond donors (Lipinski definition) is 1. The van der Waals surface area contributed by atoms with Crippen molar-refractivity contribution in [2.45, 2.75) is 13.5 Å². The molecule has 0 fully saturated rings. The first-order chi connectivity index (χ1) is 9.16. The number of aromatic nitrogens is 2. The summed E-state index contributed by atoms with van der Waals surface area (Å²) in [4.78, 5) is 11.3. The lowest BCUT2D eigenvalue weighted by molar-refractivity contribution is 0.0663. The first-order valence-corrected chi connectivity index (χ1v) is 5.89. The van der Waals surface area contributed by atoms with Gasteiger partial charge in [0.1, 0.15) is 5.58 Å². The van der Waals surface area contributed by atoms with Gasteiger partial charge in [-0.1, -0.05) is 18.2 Å². The average Bonchev–Trinajstić information content (AvgIpc) is 2.95. The molecule has 2 heterocycles. The SMILES string of the molecule is Cc1ccnn1Cc1c(C(=O)O)oc2ccccc12. The second-order valence-corrected chi connectivity index (χ2v) is 4.34. The number of carboxylic acid groups (broad SMARTS) is 1. The third-order valence-corrected chi connectivity index (χ3v) is 3.13. The molecule has 5 nitrogen and oxygen atoms in total. The zero-order valence-corrected chi connectivity index (χ0v) is 10.3. The number of hydrogen-bond acceptors (Lipinski definition) is 3. The van der Waals surface area contributed by atoms with E-state index in [0.29, 0.717) is 17.7 Å². The van der Waals surface area contributed by atoms with E-state index < -0.39 is 5.97 Å². The second kappa shape index (κ2) is 4.28. The maximum Gasteiger partial charge on any atom is 0.372 e.